The molecule has 3 rings (SSSR count). The number of rotatable bonds is 2. The summed E-state index contributed by atoms with van der Waals surface area (Å²) >= 11 is 1.71. The van der Waals surface area contributed by atoms with Crippen LogP contribution in [0.3, 0.4) is 0 Å². The normalized spacial score (nSPS) is 20.8. The Morgan fingerprint density at radius 1 is 1.50 bits per heavy atom. The van der Waals surface area contributed by atoms with Crippen molar-refractivity contribution in [2.45, 2.75) is 19.8 Å². The lowest BCUT2D eigenvalue weighted by Gasteiger charge is -2.31. The summed E-state index contributed by atoms with van der Waals surface area (Å²) in [5, 5.41) is 14.7. The van der Waals surface area contributed by atoms with E-state index in [1.807, 2.05) is 18.7 Å². The van der Waals surface area contributed by atoms with Crippen LogP contribution in [0.15, 0.2) is 0 Å². The average molecular weight is 266 g/mol. The molecule has 0 aromatic carbocycles. The van der Waals surface area contributed by atoms with Gasteiger partial charge in [-0.05, 0) is 25.7 Å². The fraction of sp³-hybridized carbons (Fsp3) is 0.667. The lowest BCUT2D eigenvalue weighted by molar-refractivity contribution is 0.208. The van der Waals surface area contributed by atoms with Gasteiger partial charge in [0.15, 0.2) is 10.8 Å². The zero-order valence-electron chi connectivity index (χ0n) is 10.8. The minimum Gasteiger partial charge on any atom is -0.396 e. The van der Waals surface area contributed by atoms with Gasteiger partial charge in [0.25, 0.3) is 0 Å². The molecule has 1 aliphatic heterocycles. The molecule has 0 amide bonds. The third kappa shape index (κ3) is 1.89. The number of aromatic nitrogens is 3. The fourth-order valence-electron chi connectivity index (χ4n) is 2.60. The van der Waals surface area contributed by atoms with E-state index >= 15 is 0 Å². The van der Waals surface area contributed by atoms with Crippen LogP contribution in [-0.2, 0) is 7.05 Å². The van der Waals surface area contributed by atoms with Gasteiger partial charge >= 0.3 is 0 Å². The van der Waals surface area contributed by atoms with Gasteiger partial charge in [-0.2, -0.15) is 5.10 Å². The molecular formula is C12H18N4OS. The van der Waals surface area contributed by atoms with Crippen LogP contribution in [0.4, 0.5) is 5.13 Å². The largest absolute Gasteiger partial charge is 0.396 e. The van der Waals surface area contributed by atoms with Crippen LogP contribution in [0.25, 0.3) is 10.3 Å². The van der Waals surface area contributed by atoms with E-state index in [4.69, 9.17) is 0 Å². The van der Waals surface area contributed by atoms with Gasteiger partial charge in [-0.3, -0.25) is 0 Å². The van der Waals surface area contributed by atoms with Crippen molar-refractivity contribution < 1.29 is 5.11 Å². The van der Waals surface area contributed by atoms with Crippen molar-refractivity contribution >= 4 is 26.8 Å². The first-order valence-corrected chi connectivity index (χ1v) is 7.16. The molecule has 0 bridgehead atoms. The van der Waals surface area contributed by atoms with Crippen molar-refractivity contribution in [1.82, 2.24) is 14.8 Å². The van der Waals surface area contributed by atoms with Crippen molar-refractivity contribution in [3.63, 3.8) is 0 Å². The molecule has 0 radical (unpaired) electrons. The summed E-state index contributed by atoms with van der Waals surface area (Å²) in [6, 6.07) is 0. The Morgan fingerprint density at radius 2 is 2.33 bits per heavy atom. The van der Waals surface area contributed by atoms with E-state index in [1.165, 1.54) is 4.70 Å². The van der Waals surface area contributed by atoms with E-state index in [2.05, 4.69) is 15.0 Å². The van der Waals surface area contributed by atoms with Crippen molar-refractivity contribution in [1.29, 1.82) is 0 Å². The molecule has 5 nitrogen and oxygen atoms in total. The molecule has 0 aliphatic carbocycles. The first-order chi connectivity index (χ1) is 8.69. The number of aryl methyl sites for hydroxylation is 2. The second kappa shape index (κ2) is 4.51. The summed E-state index contributed by atoms with van der Waals surface area (Å²) in [7, 11) is 1.94. The van der Waals surface area contributed by atoms with Crippen LogP contribution in [0.2, 0.25) is 0 Å². The highest BCUT2D eigenvalue weighted by atomic mass is 32.1. The van der Waals surface area contributed by atoms with Gasteiger partial charge in [0.05, 0.1) is 10.4 Å². The fourth-order valence-corrected chi connectivity index (χ4v) is 3.66. The van der Waals surface area contributed by atoms with Crippen LogP contribution >= 0.6 is 11.3 Å². The SMILES string of the molecule is Cc1nn(C)c2nc(N3CCC[C@H](CO)C3)sc12. The van der Waals surface area contributed by atoms with E-state index in [0.29, 0.717) is 5.92 Å². The predicted molar refractivity (Wildman–Crippen MR) is 73.1 cm³/mol. The minimum absolute atomic E-state index is 0.280. The number of fused-ring (bicyclic) bond motifs is 1. The summed E-state index contributed by atoms with van der Waals surface area (Å²) < 4.78 is 3.02. The molecule has 0 spiro atoms. The number of hydrogen-bond acceptors (Lipinski definition) is 5. The van der Waals surface area contributed by atoms with E-state index in [1.54, 1.807) is 11.3 Å². The third-order valence-electron chi connectivity index (χ3n) is 3.58. The summed E-state index contributed by atoms with van der Waals surface area (Å²) in [6.07, 6.45) is 2.26. The monoisotopic (exact) mass is 266 g/mol. The second-order valence-electron chi connectivity index (χ2n) is 5.00. The standard InChI is InChI=1S/C12H18N4OS/c1-8-10-11(15(2)14-8)13-12(18-10)16-5-3-4-9(6-16)7-17/h9,17H,3-7H2,1-2H3/t9-/m0/s1. The van der Waals surface area contributed by atoms with Gasteiger partial charge in [-0.1, -0.05) is 11.3 Å². The Kier molecular flexibility index (Phi) is 2.99. The number of thiazole rings is 1. The molecule has 1 saturated heterocycles. The van der Waals surface area contributed by atoms with Crippen LogP contribution in [0.5, 0.6) is 0 Å². The lowest BCUT2D eigenvalue weighted by atomic mass is 10.00. The maximum atomic E-state index is 9.29. The molecule has 1 N–H and O–H groups in total. The Bertz CT molecular complexity index is 527. The number of hydrogen-bond donors (Lipinski definition) is 1. The topological polar surface area (TPSA) is 54.2 Å². The molecule has 1 atom stereocenters. The molecule has 6 heteroatoms. The zero-order chi connectivity index (χ0) is 12.7. The number of nitrogens with zero attached hydrogens (tertiary/aromatic N) is 4. The van der Waals surface area contributed by atoms with E-state index < -0.39 is 0 Å². The molecule has 2 aromatic heterocycles. The second-order valence-corrected chi connectivity index (χ2v) is 5.97. The molecule has 0 unspecified atom stereocenters. The molecule has 1 aliphatic rings. The third-order valence-corrected chi connectivity index (χ3v) is 4.79. The average Bonchev–Trinajstić information content (AvgIpc) is 2.93. The van der Waals surface area contributed by atoms with E-state index in [-0.39, 0.29) is 6.61 Å². The Balaban J connectivity index is 1.92. The summed E-state index contributed by atoms with van der Waals surface area (Å²) in [5.41, 5.74) is 2.02. The first-order valence-electron chi connectivity index (χ1n) is 6.35. The number of aliphatic hydroxyl groups is 1. The van der Waals surface area contributed by atoms with Crippen molar-refractivity contribution in [2.24, 2.45) is 13.0 Å². The van der Waals surface area contributed by atoms with Gasteiger partial charge in [0, 0.05) is 26.7 Å². The van der Waals surface area contributed by atoms with Crippen molar-refractivity contribution in [3.05, 3.63) is 5.69 Å². The number of aliphatic hydroxyl groups excluding tert-OH is 1. The van der Waals surface area contributed by atoms with Crippen LogP contribution in [0.1, 0.15) is 18.5 Å². The summed E-state index contributed by atoms with van der Waals surface area (Å²) in [4.78, 5) is 6.99. The van der Waals surface area contributed by atoms with Crippen LogP contribution in [-0.4, -0.2) is 39.6 Å². The molecule has 0 saturated carbocycles. The van der Waals surface area contributed by atoms with E-state index in [9.17, 15) is 5.11 Å². The first kappa shape index (κ1) is 11.9. The van der Waals surface area contributed by atoms with Crippen LogP contribution < -0.4 is 4.90 Å². The molecule has 18 heavy (non-hydrogen) atoms. The van der Waals surface area contributed by atoms with Crippen molar-refractivity contribution in [2.75, 3.05) is 24.6 Å². The van der Waals surface area contributed by atoms with Crippen molar-refractivity contribution in [3.8, 4) is 0 Å². The van der Waals surface area contributed by atoms with Gasteiger partial charge in [-0.25, -0.2) is 9.67 Å². The van der Waals surface area contributed by atoms with Gasteiger partial charge in [-0.15, -0.1) is 0 Å². The molecule has 2 aromatic rings. The summed E-state index contributed by atoms with van der Waals surface area (Å²) in [5.74, 6) is 0.394. The van der Waals surface area contributed by atoms with E-state index in [0.717, 1.165) is 42.4 Å². The number of piperidine rings is 1. The Hall–Kier alpha value is -1.14. The zero-order valence-corrected chi connectivity index (χ0v) is 11.6. The Labute approximate surface area is 110 Å². The molecule has 1 fully saturated rings. The lowest BCUT2D eigenvalue weighted by Crippen LogP contribution is -2.36. The van der Waals surface area contributed by atoms with Gasteiger partial charge in [0.2, 0.25) is 0 Å². The quantitative estimate of drug-likeness (QED) is 0.896. The molecular weight excluding hydrogens is 248 g/mol. The highest BCUT2D eigenvalue weighted by Crippen LogP contribution is 2.32. The summed E-state index contributed by atoms with van der Waals surface area (Å²) in [6.45, 7) is 4.27. The van der Waals surface area contributed by atoms with Gasteiger partial charge < -0.3 is 10.0 Å². The smallest absolute Gasteiger partial charge is 0.188 e. The maximum absolute atomic E-state index is 9.29. The number of anilines is 1. The molecule has 98 valence electrons. The minimum atomic E-state index is 0.280. The predicted octanol–water partition coefficient (Wildman–Crippen LogP) is 1.55. The highest BCUT2D eigenvalue weighted by Gasteiger charge is 2.23. The van der Waals surface area contributed by atoms with Crippen LogP contribution in [0, 0.1) is 12.8 Å². The van der Waals surface area contributed by atoms with Gasteiger partial charge in [0.1, 0.15) is 0 Å². The maximum Gasteiger partial charge on any atom is 0.188 e. The Morgan fingerprint density at radius 3 is 3.06 bits per heavy atom. The molecule has 3 heterocycles. The highest BCUT2D eigenvalue weighted by molar-refractivity contribution is 7.22.